The summed E-state index contributed by atoms with van der Waals surface area (Å²) in [7, 11) is 0. The number of nitrogens with zero attached hydrogens (tertiary/aromatic N) is 1. The maximum Gasteiger partial charge on any atom is 0.249 e. The highest BCUT2D eigenvalue weighted by atomic mass is 19.1. The quantitative estimate of drug-likeness (QED) is 0.655. The molecular weight excluding hydrogens is 383 g/mol. The monoisotopic (exact) mass is 418 g/mol. The minimum atomic E-state index is -0.497. The minimum Gasteiger partial charge on any atom is -0.374 e. The van der Waals surface area contributed by atoms with E-state index in [9.17, 15) is 14.0 Å². The highest BCUT2D eigenvalue weighted by Gasteiger charge is 2.29. The van der Waals surface area contributed by atoms with Gasteiger partial charge in [-0.05, 0) is 75.2 Å². The number of hydrogen-bond donors (Lipinski definition) is 3. The zero-order chi connectivity index (χ0) is 21.5. The Morgan fingerprint density at radius 3 is 2.30 bits per heavy atom. The molecule has 0 spiro atoms. The SMILES string of the molecule is CC.O=C1CCC(Nc2ccc(N3CCC(C4CCNCC4)CC3)c(F)c2)C(=O)N1. The number of rotatable bonds is 4. The van der Waals surface area contributed by atoms with Crippen LogP contribution in [-0.2, 0) is 9.59 Å². The number of anilines is 2. The molecule has 3 heterocycles. The minimum absolute atomic E-state index is 0.252. The predicted molar refractivity (Wildman–Crippen MR) is 118 cm³/mol. The first-order chi connectivity index (χ1) is 14.6. The van der Waals surface area contributed by atoms with Crippen LogP contribution < -0.4 is 20.9 Å². The van der Waals surface area contributed by atoms with Gasteiger partial charge in [0.1, 0.15) is 11.9 Å². The van der Waals surface area contributed by atoms with E-state index in [1.165, 1.54) is 18.9 Å². The normalized spacial score (nSPS) is 23.4. The van der Waals surface area contributed by atoms with Crippen molar-refractivity contribution in [2.75, 3.05) is 36.4 Å². The Kier molecular flexibility index (Phi) is 8.08. The van der Waals surface area contributed by atoms with E-state index in [1.807, 2.05) is 19.9 Å². The van der Waals surface area contributed by atoms with Crippen LogP contribution in [0.15, 0.2) is 18.2 Å². The molecule has 4 rings (SSSR count). The Morgan fingerprint density at radius 2 is 1.67 bits per heavy atom. The summed E-state index contributed by atoms with van der Waals surface area (Å²) in [6.45, 7) is 8.04. The highest BCUT2D eigenvalue weighted by molar-refractivity contribution is 6.01. The van der Waals surface area contributed by atoms with Crippen LogP contribution in [0.1, 0.15) is 52.4 Å². The van der Waals surface area contributed by atoms with E-state index in [1.54, 1.807) is 6.07 Å². The van der Waals surface area contributed by atoms with Crippen LogP contribution >= 0.6 is 0 Å². The summed E-state index contributed by atoms with van der Waals surface area (Å²) in [6, 6.07) is 4.58. The van der Waals surface area contributed by atoms with Crippen LogP contribution in [0, 0.1) is 17.7 Å². The molecule has 0 radical (unpaired) electrons. The fraction of sp³-hybridized carbons (Fsp3) is 0.652. The number of halogens is 1. The summed E-state index contributed by atoms with van der Waals surface area (Å²) in [5.41, 5.74) is 1.21. The van der Waals surface area contributed by atoms with Crippen LogP contribution in [0.2, 0.25) is 0 Å². The van der Waals surface area contributed by atoms with Crippen molar-refractivity contribution in [1.82, 2.24) is 10.6 Å². The molecule has 1 aromatic carbocycles. The maximum atomic E-state index is 14.8. The third kappa shape index (κ3) is 5.50. The van der Waals surface area contributed by atoms with Crippen molar-refractivity contribution >= 4 is 23.2 Å². The molecule has 0 saturated carbocycles. The van der Waals surface area contributed by atoms with Crippen molar-refractivity contribution < 1.29 is 14.0 Å². The van der Waals surface area contributed by atoms with E-state index < -0.39 is 6.04 Å². The zero-order valence-electron chi connectivity index (χ0n) is 18.2. The summed E-state index contributed by atoms with van der Waals surface area (Å²) < 4.78 is 14.8. The molecule has 0 aliphatic carbocycles. The van der Waals surface area contributed by atoms with Gasteiger partial charge < -0.3 is 15.5 Å². The van der Waals surface area contributed by atoms with Crippen molar-refractivity contribution in [1.29, 1.82) is 0 Å². The van der Waals surface area contributed by atoms with Crippen molar-refractivity contribution in [3.05, 3.63) is 24.0 Å². The van der Waals surface area contributed by atoms with E-state index in [-0.39, 0.29) is 17.6 Å². The number of imide groups is 1. The molecule has 3 aliphatic rings. The summed E-state index contributed by atoms with van der Waals surface area (Å²) in [4.78, 5) is 25.3. The van der Waals surface area contributed by atoms with Gasteiger partial charge in [0.25, 0.3) is 0 Å². The van der Waals surface area contributed by atoms with Crippen molar-refractivity contribution in [2.45, 2.75) is 58.4 Å². The second-order valence-corrected chi connectivity index (χ2v) is 8.23. The van der Waals surface area contributed by atoms with Gasteiger partial charge in [-0.3, -0.25) is 14.9 Å². The van der Waals surface area contributed by atoms with Gasteiger partial charge in [-0.2, -0.15) is 0 Å². The second-order valence-electron chi connectivity index (χ2n) is 8.23. The average Bonchev–Trinajstić information content (AvgIpc) is 2.78. The molecule has 1 aromatic rings. The van der Waals surface area contributed by atoms with Crippen LogP contribution in [0.25, 0.3) is 0 Å². The lowest BCUT2D eigenvalue weighted by atomic mass is 9.79. The summed E-state index contributed by atoms with van der Waals surface area (Å²) >= 11 is 0. The molecule has 30 heavy (non-hydrogen) atoms. The summed E-state index contributed by atoms with van der Waals surface area (Å²) in [5, 5.41) is 8.78. The first kappa shape index (κ1) is 22.5. The van der Waals surface area contributed by atoms with Gasteiger partial charge in [0.15, 0.2) is 0 Å². The van der Waals surface area contributed by atoms with E-state index in [0.29, 0.717) is 24.2 Å². The zero-order valence-corrected chi connectivity index (χ0v) is 18.2. The first-order valence-electron chi connectivity index (χ1n) is 11.5. The maximum absolute atomic E-state index is 14.8. The van der Waals surface area contributed by atoms with E-state index >= 15 is 0 Å². The van der Waals surface area contributed by atoms with Gasteiger partial charge in [0.05, 0.1) is 5.69 Å². The summed E-state index contributed by atoms with van der Waals surface area (Å²) in [5.74, 6) is 0.707. The Morgan fingerprint density at radius 1 is 1.00 bits per heavy atom. The fourth-order valence-electron chi connectivity index (χ4n) is 4.81. The molecule has 3 saturated heterocycles. The molecular formula is C23H35FN4O2. The number of nitrogens with one attached hydrogen (secondary N) is 3. The second kappa shape index (κ2) is 10.8. The van der Waals surface area contributed by atoms with Crippen LogP contribution in [0.4, 0.5) is 15.8 Å². The van der Waals surface area contributed by atoms with Gasteiger partial charge in [-0.1, -0.05) is 13.8 Å². The average molecular weight is 419 g/mol. The number of carbonyl (C=O) groups is 2. The number of piperidine rings is 3. The number of benzene rings is 1. The van der Waals surface area contributed by atoms with Gasteiger partial charge in [-0.25, -0.2) is 4.39 Å². The number of hydrogen-bond acceptors (Lipinski definition) is 5. The van der Waals surface area contributed by atoms with Gasteiger partial charge >= 0.3 is 0 Å². The molecule has 0 aromatic heterocycles. The van der Waals surface area contributed by atoms with Crippen LogP contribution in [0.5, 0.6) is 0 Å². The fourth-order valence-corrected chi connectivity index (χ4v) is 4.81. The Balaban J connectivity index is 0.00000124. The van der Waals surface area contributed by atoms with Crippen molar-refractivity contribution in [3.8, 4) is 0 Å². The molecule has 1 unspecified atom stereocenters. The molecule has 1 atom stereocenters. The first-order valence-corrected chi connectivity index (χ1v) is 11.5. The smallest absolute Gasteiger partial charge is 0.249 e. The van der Waals surface area contributed by atoms with Gasteiger partial charge in [0.2, 0.25) is 11.8 Å². The van der Waals surface area contributed by atoms with Crippen molar-refractivity contribution in [3.63, 3.8) is 0 Å². The Bertz CT molecular complexity index is 728. The molecule has 3 fully saturated rings. The topological polar surface area (TPSA) is 73.5 Å². The Labute approximate surface area is 179 Å². The highest BCUT2D eigenvalue weighted by Crippen LogP contribution is 2.33. The third-order valence-electron chi connectivity index (χ3n) is 6.46. The van der Waals surface area contributed by atoms with E-state index in [4.69, 9.17) is 0 Å². The predicted octanol–water partition coefficient (Wildman–Crippen LogP) is 3.29. The van der Waals surface area contributed by atoms with Gasteiger partial charge in [0, 0.05) is 25.2 Å². The van der Waals surface area contributed by atoms with Crippen molar-refractivity contribution in [2.24, 2.45) is 11.8 Å². The molecule has 7 heteroatoms. The van der Waals surface area contributed by atoms with E-state index in [2.05, 4.69) is 20.9 Å². The Hall–Kier alpha value is -2.15. The number of carbonyl (C=O) groups excluding carboxylic acids is 2. The lowest BCUT2D eigenvalue weighted by molar-refractivity contribution is -0.133. The summed E-state index contributed by atoms with van der Waals surface area (Å²) in [6.07, 6.45) is 5.51. The van der Waals surface area contributed by atoms with E-state index in [0.717, 1.165) is 50.9 Å². The largest absolute Gasteiger partial charge is 0.374 e. The lowest BCUT2D eigenvalue weighted by Gasteiger charge is -2.39. The molecule has 3 aliphatic heterocycles. The third-order valence-corrected chi connectivity index (χ3v) is 6.46. The molecule has 3 N–H and O–H groups in total. The molecule has 6 nitrogen and oxygen atoms in total. The standard InChI is InChI=1S/C21H29FN4O2.C2H6/c22-17-13-16(24-18-2-4-20(27)25-21(18)28)1-3-19(17)26-11-7-15(8-12-26)14-5-9-23-10-6-14;1-2/h1,3,13-15,18,23-24H,2,4-12H2,(H,25,27,28);1-2H3. The molecule has 0 bridgehead atoms. The van der Waals surface area contributed by atoms with Crippen LogP contribution in [-0.4, -0.2) is 44.0 Å². The lowest BCUT2D eigenvalue weighted by Crippen LogP contribution is -2.47. The molecule has 2 amide bonds. The molecule has 166 valence electrons. The number of amides is 2. The van der Waals surface area contributed by atoms with Crippen LogP contribution in [0.3, 0.4) is 0 Å². The van der Waals surface area contributed by atoms with Gasteiger partial charge in [-0.15, -0.1) is 0 Å².